The molecular formula is C9H15ClN. The van der Waals surface area contributed by atoms with Gasteiger partial charge in [0, 0.05) is 6.54 Å². The summed E-state index contributed by atoms with van der Waals surface area (Å²) in [4.78, 5) is 0. The summed E-state index contributed by atoms with van der Waals surface area (Å²) in [7, 11) is 0. The number of rotatable bonds is 2. The zero-order valence-corrected chi connectivity index (χ0v) is 7.48. The first kappa shape index (κ1) is 7.88. The highest BCUT2D eigenvalue weighted by Crippen LogP contribution is 2.38. The summed E-state index contributed by atoms with van der Waals surface area (Å²) in [5.41, 5.74) is 0.201. The molecule has 1 heterocycles. The van der Waals surface area contributed by atoms with Crippen LogP contribution in [0, 0.1) is 18.4 Å². The molecule has 1 aliphatic carbocycles. The fourth-order valence-electron chi connectivity index (χ4n) is 1.84. The van der Waals surface area contributed by atoms with Crippen molar-refractivity contribution >= 4 is 11.6 Å². The molecule has 0 spiro atoms. The Hall–Kier alpha value is 0.250. The Balaban J connectivity index is 1.73. The third-order valence-corrected chi connectivity index (χ3v) is 2.96. The largest absolute Gasteiger partial charge is 0.297 e. The van der Waals surface area contributed by atoms with E-state index in [1.165, 1.54) is 25.7 Å². The van der Waals surface area contributed by atoms with Crippen LogP contribution >= 0.6 is 11.6 Å². The van der Waals surface area contributed by atoms with Crippen molar-refractivity contribution in [2.24, 2.45) is 11.8 Å². The van der Waals surface area contributed by atoms with Crippen LogP contribution < -0.4 is 5.32 Å². The molecule has 2 heteroatoms. The minimum absolute atomic E-state index is 0.201. The smallest absolute Gasteiger partial charge is 0.0830 e. The van der Waals surface area contributed by atoms with Gasteiger partial charge in [-0.1, -0.05) is 12.8 Å². The summed E-state index contributed by atoms with van der Waals surface area (Å²) >= 11 is 5.97. The molecule has 0 aromatic rings. The van der Waals surface area contributed by atoms with E-state index in [0.717, 1.165) is 18.3 Å². The van der Waals surface area contributed by atoms with Crippen molar-refractivity contribution in [2.45, 2.75) is 37.6 Å². The van der Waals surface area contributed by atoms with E-state index in [2.05, 4.69) is 11.9 Å². The molecule has 2 aliphatic rings. The summed E-state index contributed by atoms with van der Waals surface area (Å²) in [6.45, 7) is 2.13. The summed E-state index contributed by atoms with van der Waals surface area (Å²) in [5, 5.41) is 3.15. The third kappa shape index (κ3) is 2.34. The van der Waals surface area contributed by atoms with Crippen molar-refractivity contribution in [1.29, 1.82) is 0 Å². The van der Waals surface area contributed by atoms with Crippen molar-refractivity contribution in [3.63, 3.8) is 0 Å². The molecule has 2 atom stereocenters. The van der Waals surface area contributed by atoms with E-state index in [1.807, 2.05) is 0 Å². The maximum absolute atomic E-state index is 5.97. The topological polar surface area (TPSA) is 12.0 Å². The second-order valence-corrected chi connectivity index (χ2v) is 4.38. The van der Waals surface area contributed by atoms with Crippen LogP contribution in [-0.4, -0.2) is 5.50 Å². The van der Waals surface area contributed by atoms with Gasteiger partial charge in [0.15, 0.2) is 0 Å². The Morgan fingerprint density at radius 2 is 2.18 bits per heavy atom. The van der Waals surface area contributed by atoms with Crippen LogP contribution in [0.5, 0.6) is 0 Å². The lowest BCUT2D eigenvalue weighted by Crippen LogP contribution is -2.30. The second-order valence-electron chi connectivity index (χ2n) is 3.85. The molecule has 2 rings (SSSR count). The van der Waals surface area contributed by atoms with E-state index in [-0.39, 0.29) is 5.50 Å². The van der Waals surface area contributed by atoms with Crippen molar-refractivity contribution in [3.05, 3.63) is 6.54 Å². The van der Waals surface area contributed by atoms with Crippen LogP contribution in [0.1, 0.15) is 32.1 Å². The molecule has 0 aromatic heterocycles. The fraction of sp³-hybridized carbons (Fsp3) is 0.889. The quantitative estimate of drug-likeness (QED) is 0.499. The highest BCUT2D eigenvalue weighted by atomic mass is 35.5. The molecule has 1 saturated carbocycles. The van der Waals surface area contributed by atoms with Gasteiger partial charge < -0.3 is 0 Å². The molecule has 1 N–H and O–H groups in total. The molecule has 0 aromatic carbocycles. The Bertz CT molecular complexity index is 132. The number of halogens is 1. The van der Waals surface area contributed by atoms with Crippen LogP contribution in [0.25, 0.3) is 0 Å². The van der Waals surface area contributed by atoms with E-state index in [1.54, 1.807) is 0 Å². The first-order valence-corrected chi connectivity index (χ1v) is 5.00. The zero-order chi connectivity index (χ0) is 7.68. The van der Waals surface area contributed by atoms with Crippen molar-refractivity contribution in [3.8, 4) is 0 Å². The van der Waals surface area contributed by atoms with Crippen LogP contribution in [-0.2, 0) is 0 Å². The molecule has 1 radical (unpaired) electrons. The van der Waals surface area contributed by atoms with Crippen LogP contribution in [0.15, 0.2) is 0 Å². The third-order valence-electron chi connectivity index (χ3n) is 2.65. The van der Waals surface area contributed by atoms with Gasteiger partial charge in [-0.3, -0.25) is 5.32 Å². The van der Waals surface area contributed by atoms with Crippen molar-refractivity contribution in [2.75, 3.05) is 0 Å². The summed E-state index contributed by atoms with van der Waals surface area (Å²) in [6.07, 6.45) is 6.74. The van der Waals surface area contributed by atoms with Gasteiger partial charge in [-0.05, 0) is 31.1 Å². The summed E-state index contributed by atoms with van der Waals surface area (Å²) in [5.74, 6) is 1.92. The highest BCUT2D eigenvalue weighted by Gasteiger charge is 2.28. The van der Waals surface area contributed by atoms with Gasteiger partial charge in [-0.2, -0.15) is 0 Å². The van der Waals surface area contributed by atoms with E-state index < -0.39 is 0 Å². The predicted molar refractivity (Wildman–Crippen MR) is 47.1 cm³/mol. The van der Waals surface area contributed by atoms with Crippen LogP contribution in [0.4, 0.5) is 0 Å². The average molecular weight is 173 g/mol. The Morgan fingerprint density at radius 1 is 1.36 bits per heavy atom. The minimum atomic E-state index is 0.201. The molecule has 0 bridgehead atoms. The van der Waals surface area contributed by atoms with Crippen LogP contribution in [0.2, 0.25) is 0 Å². The second kappa shape index (κ2) is 3.32. The Kier molecular flexibility index (Phi) is 2.38. The van der Waals surface area contributed by atoms with Crippen molar-refractivity contribution in [1.82, 2.24) is 5.32 Å². The molecule has 2 unspecified atom stereocenters. The van der Waals surface area contributed by atoms with Gasteiger partial charge in [0.2, 0.25) is 0 Å². The lowest BCUT2D eigenvalue weighted by Gasteiger charge is -2.26. The number of hydrogen-bond donors (Lipinski definition) is 1. The lowest BCUT2D eigenvalue weighted by atomic mass is 9.92. The maximum Gasteiger partial charge on any atom is 0.0830 e. The van der Waals surface area contributed by atoms with Gasteiger partial charge in [0.25, 0.3) is 0 Å². The van der Waals surface area contributed by atoms with Crippen molar-refractivity contribution < 1.29 is 0 Å². The molecule has 2 fully saturated rings. The summed E-state index contributed by atoms with van der Waals surface area (Å²) in [6, 6.07) is 0. The molecule has 1 aliphatic heterocycles. The van der Waals surface area contributed by atoms with E-state index in [9.17, 15) is 0 Å². The normalized spacial score (nSPS) is 39.0. The number of alkyl halides is 1. The molecule has 1 nitrogen and oxygen atoms in total. The fourth-order valence-corrected chi connectivity index (χ4v) is 2.18. The SMILES string of the molecule is ClC1CC(CC2CC2)C[CH]N1. The van der Waals surface area contributed by atoms with E-state index >= 15 is 0 Å². The molecule has 11 heavy (non-hydrogen) atoms. The van der Waals surface area contributed by atoms with Crippen LogP contribution in [0.3, 0.4) is 0 Å². The Labute approximate surface area is 73.5 Å². The predicted octanol–water partition coefficient (Wildman–Crippen LogP) is 2.51. The lowest BCUT2D eigenvalue weighted by molar-refractivity contribution is 0.353. The first-order valence-electron chi connectivity index (χ1n) is 4.56. The molecule has 1 saturated heterocycles. The van der Waals surface area contributed by atoms with Gasteiger partial charge >= 0.3 is 0 Å². The number of hydrogen-bond acceptors (Lipinski definition) is 1. The van der Waals surface area contributed by atoms with Gasteiger partial charge in [-0.15, -0.1) is 11.6 Å². The number of piperidine rings is 1. The van der Waals surface area contributed by atoms with Gasteiger partial charge in [0.1, 0.15) is 0 Å². The highest BCUT2D eigenvalue weighted by molar-refractivity contribution is 6.20. The summed E-state index contributed by atoms with van der Waals surface area (Å²) < 4.78 is 0. The van der Waals surface area contributed by atoms with Gasteiger partial charge in [-0.25, -0.2) is 0 Å². The number of nitrogens with one attached hydrogen (secondary N) is 1. The maximum atomic E-state index is 5.97. The monoisotopic (exact) mass is 172 g/mol. The standard InChI is InChI=1S/C9H15ClN/c10-9-6-8(3-4-11-9)5-7-1-2-7/h4,7-9,11H,1-3,5-6H2. The first-order chi connectivity index (χ1) is 5.34. The minimum Gasteiger partial charge on any atom is -0.297 e. The zero-order valence-electron chi connectivity index (χ0n) is 6.72. The van der Waals surface area contributed by atoms with E-state index in [4.69, 9.17) is 11.6 Å². The van der Waals surface area contributed by atoms with E-state index in [0.29, 0.717) is 0 Å². The Morgan fingerprint density at radius 3 is 2.82 bits per heavy atom. The molecular weight excluding hydrogens is 158 g/mol. The average Bonchev–Trinajstić information content (AvgIpc) is 2.71. The molecule has 63 valence electrons. The molecule has 0 amide bonds. The van der Waals surface area contributed by atoms with Gasteiger partial charge in [0.05, 0.1) is 5.50 Å².